The lowest BCUT2D eigenvalue weighted by molar-refractivity contribution is 0.539. The molecule has 0 spiro atoms. The van der Waals surface area contributed by atoms with Gasteiger partial charge in [-0.1, -0.05) is 145 Å². The molecule has 32 heavy (non-hydrogen) atoms. The predicted octanol–water partition coefficient (Wildman–Crippen LogP) is 9.33. The molecule has 0 aliphatic heterocycles. The minimum absolute atomic E-state index is 0.847. The predicted molar refractivity (Wildman–Crippen MR) is 147 cm³/mol. The van der Waals surface area contributed by atoms with Gasteiger partial charge in [0.2, 0.25) is 0 Å². The van der Waals surface area contributed by atoms with Crippen LogP contribution in [0.3, 0.4) is 0 Å². The van der Waals surface area contributed by atoms with Crippen LogP contribution in [-0.4, -0.2) is 4.86 Å². The molecular weight excluding hydrogens is 406 g/mol. The summed E-state index contributed by atoms with van der Waals surface area (Å²) < 4.78 is 0. The lowest BCUT2D eigenvalue weighted by Crippen LogP contribution is -1.96. The van der Waals surface area contributed by atoms with Gasteiger partial charge in [0.05, 0.1) is 0 Å². The molecule has 0 fully saturated rings. The molecular formula is C30H43NS. The maximum atomic E-state index is 6.32. The first-order valence-corrected chi connectivity index (χ1v) is 13.3. The van der Waals surface area contributed by atoms with Gasteiger partial charge in [0, 0.05) is 10.6 Å². The van der Waals surface area contributed by atoms with Crippen LogP contribution in [0.25, 0.3) is 6.08 Å². The third kappa shape index (κ3) is 11.1. The van der Waals surface area contributed by atoms with Crippen molar-refractivity contribution in [2.75, 3.05) is 5.73 Å². The van der Waals surface area contributed by atoms with E-state index in [2.05, 4.69) is 31.2 Å². The molecule has 2 rings (SSSR count). The first-order chi connectivity index (χ1) is 15.7. The van der Waals surface area contributed by atoms with Gasteiger partial charge >= 0.3 is 0 Å². The average Bonchev–Trinajstić information content (AvgIpc) is 2.82. The molecule has 174 valence electrons. The van der Waals surface area contributed by atoms with E-state index in [4.69, 9.17) is 18.0 Å². The molecule has 0 aliphatic carbocycles. The second-order valence-corrected chi connectivity index (χ2v) is 9.45. The molecule has 0 saturated carbocycles. The molecule has 0 bridgehead atoms. The Balaban J connectivity index is 1.56. The molecule has 2 heteroatoms. The molecule has 0 atom stereocenters. The number of aryl methyl sites for hydroxylation is 1. The van der Waals surface area contributed by atoms with Gasteiger partial charge in [0.15, 0.2) is 0 Å². The van der Waals surface area contributed by atoms with Gasteiger partial charge in [-0.3, -0.25) is 0 Å². The first-order valence-electron chi connectivity index (χ1n) is 12.9. The van der Waals surface area contributed by atoms with Crippen LogP contribution >= 0.6 is 12.2 Å². The fourth-order valence-electron chi connectivity index (χ4n) is 4.15. The van der Waals surface area contributed by atoms with Gasteiger partial charge < -0.3 is 5.73 Å². The van der Waals surface area contributed by atoms with Crippen LogP contribution in [0, 0.1) is 0 Å². The molecule has 0 aromatic heterocycles. The van der Waals surface area contributed by atoms with Crippen LogP contribution in [0.1, 0.15) is 107 Å². The van der Waals surface area contributed by atoms with Crippen LogP contribution in [0.2, 0.25) is 0 Å². The summed E-state index contributed by atoms with van der Waals surface area (Å²) in [6.07, 6.45) is 23.2. The fourth-order valence-corrected chi connectivity index (χ4v) is 4.35. The van der Waals surface area contributed by atoms with Gasteiger partial charge in [0.25, 0.3) is 0 Å². The van der Waals surface area contributed by atoms with Gasteiger partial charge in [-0.2, -0.15) is 0 Å². The zero-order valence-electron chi connectivity index (χ0n) is 20.2. The van der Waals surface area contributed by atoms with Crippen molar-refractivity contribution in [3.63, 3.8) is 0 Å². The van der Waals surface area contributed by atoms with E-state index in [1.807, 2.05) is 36.4 Å². The van der Waals surface area contributed by atoms with Gasteiger partial charge in [0.1, 0.15) is 0 Å². The van der Waals surface area contributed by atoms with Gasteiger partial charge in [-0.25, -0.2) is 0 Å². The van der Waals surface area contributed by atoms with Crippen LogP contribution < -0.4 is 5.73 Å². The van der Waals surface area contributed by atoms with E-state index in [1.165, 1.54) is 89.0 Å². The Morgan fingerprint density at radius 2 is 1.31 bits per heavy atom. The molecule has 1 nitrogen and oxygen atoms in total. The molecule has 0 amide bonds. The number of unbranched alkanes of at least 4 members (excludes halogenated alkanes) is 12. The monoisotopic (exact) mass is 449 g/mol. The smallest absolute Gasteiger partial charge is 0.0449 e. The number of hydrogen-bond acceptors (Lipinski definition) is 2. The summed E-state index contributed by atoms with van der Waals surface area (Å²) in [5.74, 6) is 0. The molecule has 2 N–H and O–H groups in total. The summed E-state index contributed by atoms with van der Waals surface area (Å²) in [7, 11) is 0. The van der Waals surface area contributed by atoms with Crippen molar-refractivity contribution < 1.29 is 0 Å². The third-order valence-electron chi connectivity index (χ3n) is 6.21. The third-order valence-corrected chi connectivity index (χ3v) is 6.58. The van der Waals surface area contributed by atoms with Crippen molar-refractivity contribution in [3.05, 3.63) is 71.3 Å². The van der Waals surface area contributed by atoms with Crippen LogP contribution in [0.5, 0.6) is 0 Å². The quantitative estimate of drug-likeness (QED) is 0.0855. The second kappa shape index (κ2) is 16.7. The number of nitrogen functional groups attached to an aromatic ring is 1. The van der Waals surface area contributed by atoms with Gasteiger partial charge in [-0.05, 0) is 41.7 Å². The van der Waals surface area contributed by atoms with E-state index in [9.17, 15) is 0 Å². The summed E-state index contributed by atoms with van der Waals surface area (Å²) >= 11 is 5.50. The standard InChI is InChI=1S/C30H43NS/c1-2-3-4-5-6-7-8-9-10-11-12-13-15-18-27-23-21-26(25-29(27)31)22-24-30(32)28-19-16-14-17-20-28/h14,16-17,19-25H,2-13,15,18,31H2,1H3. The summed E-state index contributed by atoms with van der Waals surface area (Å²) in [6, 6.07) is 16.5. The van der Waals surface area contributed by atoms with Crippen molar-refractivity contribution in [1.29, 1.82) is 0 Å². The normalized spacial score (nSPS) is 11.3. The summed E-state index contributed by atoms with van der Waals surface area (Å²) in [5.41, 5.74) is 10.7. The number of allylic oxidation sites excluding steroid dienone is 1. The van der Waals surface area contributed by atoms with Crippen molar-refractivity contribution in [2.45, 2.75) is 96.8 Å². The Hall–Kier alpha value is -1.93. The summed E-state index contributed by atoms with van der Waals surface area (Å²) in [5, 5.41) is 0. The highest BCUT2D eigenvalue weighted by Gasteiger charge is 2.01. The number of hydrogen-bond donors (Lipinski definition) is 1. The molecule has 2 aromatic rings. The maximum Gasteiger partial charge on any atom is 0.0449 e. The number of benzene rings is 2. The highest BCUT2D eigenvalue weighted by molar-refractivity contribution is 7.81. The maximum absolute atomic E-state index is 6.32. The highest BCUT2D eigenvalue weighted by atomic mass is 32.1. The Kier molecular flexibility index (Phi) is 13.7. The molecule has 0 aliphatic rings. The van der Waals surface area contributed by atoms with Crippen LogP contribution in [-0.2, 0) is 6.42 Å². The topological polar surface area (TPSA) is 26.0 Å². The molecule has 2 aromatic carbocycles. The summed E-state index contributed by atoms with van der Waals surface area (Å²) in [4.78, 5) is 0.847. The zero-order chi connectivity index (χ0) is 22.9. The van der Waals surface area contributed by atoms with E-state index in [1.54, 1.807) is 0 Å². The van der Waals surface area contributed by atoms with Crippen molar-refractivity contribution >= 4 is 28.8 Å². The van der Waals surface area contributed by atoms with E-state index in [-0.39, 0.29) is 0 Å². The Bertz CT molecular complexity index is 794. The minimum atomic E-state index is 0.847. The first kappa shape index (κ1) is 26.3. The van der Waals surface area contributed by atoms with Crippen molar-refractivity contribution in [3.8, 4) is 0 Å². The molecule has 0 radical (unpaired) electrons. The fraction of sp³-hybridized carbons (Fsp3) is 0.500. The molecule has 0 heterocycles. The lowest BCUT2D eigenvalue weighted by atomic mass is 10.0. The zero-order valence-corrected chi connectivity index (χ0v) is 21.0. The Morgan fingerprint density at radius 1 is 0.750 bits per heavy atom. The van der Waals surface area contributed by atoms with E-state index in [0.29, 0.717) is 0 Å². The molecule has 0 unspecified atom stereocenters. The van der Waals surface area contributed by atoms with Crippen LogP contribution in [0.15, 0.2) is 54.6 Å². The summed E-state index contributed by atoms with van der Waals surface area (Å²) in [6.45, 7) is 2.29. The Labute approximate surface area is 202 Å². The van der Waals surface area contributed by atoms with E-state index >= 15 is 0 Å². The van der Waals surface area contributed by atoms with Crippen molar-refractivity contribution in [2.24, 2.45) is 0 Å². The second-order valence-electron chi connectivity index (χ2n) is 9.01. The average molecular weight is 450 g/mol. The SMILES string of the molecule is CCCCCCCCCCCCCCCc1ccc(C=CC(=S)c2ccccc2)cc1N. The number of rotatable bonds is 17. The number of nitrogens with two attached hydrogens (primary N) is 1. The van der Waals surface area contributed by atoms with E-state index < -0.39 is 0 Å². The molecule has 0 saturated heterocycles. The Morgan fingerprint density at radius 3 is 1.88 bits per heavy atom. The number of thiocarbonyl (C=S) groups is 1. The number of anilines is 1. The minimum Gasteiger partial charge on any atom is -0.398 e. The van der Waals surface area contributed by atoms with E-state index in [0.717, 1.165) is 28.1 Å². The van der Waals surface area contributed by atoms with Crippen molar-refractivity contribution in [1.82, 2.24) is 0 Å². The largest absolute Gasteiger partial charge is 0.398 e. The lowest BCUT2D eigenvalue weighted by Gasteiger charge is -2.07. The van der Waals surface area contributed by atoms with Gasteiger partial charge in [-0.15, -0.1) is 0 Å². The highest BCUT2D eigenvalue weighted by Crippen LogP contribution is 2.19. The van der Waals surface area contributed by atoms with Crippen LogP contribution in [0.4, 0.5) is 5.69 Å².